The zero-order valence-electron chi connectivity index (χ0n) is 7.85. The summed E-state index contributed by atoms with van der Waals surface area (Å²) in [4.78, 5) is 6.17. The number of anilines is 1. The van der Waals surface area contributed by atoms with Gasteiger partial charge in [-0.1, -0.05) is 27.7 Å². The van der Waals surface area contributed by atoms with Crippen LogP contribution in [0.2, 0.25) is 0 Å². The van der Waals surface area contributed by atoms with E-state index in [1.54, 1.807) is 24.2 Å². The van der Waals surface area contributed by atoms with Gasteiger partial charge in [-0.25, -0.2) is 0 Å². The van der Waals surface area contributed by atoms with Crippen molar-refractivity contribution in [1.82, 2.24) is 4.98 Å². The molecule has 0 saturated heterocycles. The summed E-state index contributed by atoms with van der Waals surface area (Å²) in [6.07, 6.45) is 3.55. The molecule has 0 unspecified atom stereocenters. The topological polar surface area (TPSA) is 38.9 Å². The number of nitrogens with zero attached hydrogens (tertiary/aromatic N) is 1. The van der Waals surface area contributed by atoms with Crippen LogP contribution in [0, 0.1) is 0 Å². The molecule has 2 nitrogen and oxygen atoms in total. The highest BCUT2D eigenvalue weighted by Gasteiger charge is 2.01. The van der Waals surface area contributed by atoms with Crippen molar-refractivity contribution in [2.45, 2.75) is 9.79 Å². The minimum absolute atomic E-state index is 0.784. The molecule has 0 fully saturated rings. The Morgan fingerprint density at radius 3 is 2.53 bits per heavy atom. The molecule has 0 saturated carbocycles. The second-order valence-electron chi connectivity index (χ2n) is 2.97. The highest BCUT2D eigenvalue weighted by Crippen LogP contribution is 2.32. The van der Waals surface area contributed by atoms with E-state index in [2.05, 4.69) is 20.9 Å². The first-order valence-corrected chi connectivity index (χ1v) is 5.99. The van der Waals surface area contributed by atoms with Gasteiger partial charge in [0.1, 0.15) is 0 Å². The Labute approximate surface area is 101 Å². The van der Waals surface area contributed by atoms with Crippen molar-refractivity contribution in [2.75, 3.05) is 5.73 Å². The van der Waals surface area contributed by atoms with E-state index in [-0.39, 0.29) is 0 Å². The molecular formula is C11H9BrN2S. The van der Waals surface area contributed by atoms with Crippen molar-refractivity contribution >= 4 is 33.4 Å². The molecule has 1 aromatic heterocycles. The predicted octanol–water partition coefficient (Wildman–Crippen LogP) is 3.58. The monoisotopic (exact) mass is 280 g/mol. The first-order chi connectivity index (χ1) is 7.25. The van der Waals surface area contributed by atoms with Crippen LogP contribution in [0.5, 0.6) is 0 Å². The number of benzene rings is 1. The Kier molecular flexibility index (Phi) is 3.28. The van der Waals surface area contributed by atoms with Crippen molar-refractivity contribution in [3.63, 3.8) is 0 Å². The maximum Gasteiger partial charge on any atom is 0.0467 e. The highest BCUT2D eigenvalue weighted by molar-refractivity contribution is 9.10. The Balaban J connectivity index is 2.25. The third-order valence-corrected chi connectivity index (χ3v) is 3.44. The van der Waals surface area contributed by atoms with E-state index < -0.39 is 0 Å². The van der Waals surface area contributed by atoms with Crippen LogP contribution >= 0.6 is 27.7 Å². The SMILES string of the molecule is Nc1cc(Br)ccc1Sc1ccncc1. The van der Waals surface area contributed by atoms with Crippen LogP contribution < -0.4 is 5.73 Å². The van der Waals surface area contributed by atoms with Gasteiger partial charge < -0.3 is 5.73 Å². The summed E-state index contributed by atoms with van der Waals surface area (Å²) >= 11 is 5.02. The fourth-order valence-corrected chi connectivity index (χ4v) is 2.35. The molecule has 0 bridgehead atoms. The van der Waals surface area contributed by atoms with Crippen LogP contribution in [-0.2, 0) is 0 Å². The van der Waals surface area contributed by atoms with Gasteiger partial charge in [-0.05, 0) is 30.3 Å². The van der Waals surface area contributed by atoms with Crippen LogP contribution in [0.1, 0.15) is 0 Å². The summed E-state index contributed by atoms with van der Waals surface area (Å²) in [5, 5.41) is 0. The van der Waals surface area contributed by atoms with Gasteiger partial charge in [0.15, 0.2) is 0 Å². The van der Waals surface area contributed by atoms with Gasteiger partial charge in [0.2, 0.25) is 0 Å². The number of hydrogen-bond donors (Lipinski definition) is 1. The van der Waals surface area contributed by atoms with Crippen LogP contribution in [-0.4, -0.2) is 4.98 Å². The summed E-state index contributed by atoms with van der Waals surface area (Å²) in [5.74, 6) is 0. The van der Waals surface area contributed by atoms with E-state index in [9.17, 15) is 0 Å². The molecule has 0 atom stereocenters. The lowest BCUT2D eigenvalue weighted by atomic mass is 10.3. The van der Waals surface area contributed by atoms with Crippen LogP contribution in [0.25, 0.3) is 0 Å². The summed E-state index contributed by atoms with van der Waals surface area (Å²) in [6, 6.07) is 9.83. The van der Waals surface area contributed by atoms with E-state index in [0.29, 0.717) is 0 Å². The third kappa shape index (κ3) is 2.73. The predicted molar refractivity (Wildman–Crippen MR) is 66.9 cm³/mol. The Morgan fingerprint density at radius 2 is 1.87 bits per heavy atom. The first-order valence-electron chi connectivity index (χ1n) is 4.38. The average molecular weight is 281 g/mol. The molecule has 4 heteroatoms. The Bertz CT molecular complexity index is 459. The van der Waals surface area contributed by atoms with Gasteiger partial charge in [-0.2, -0.15) is 0 Å². The molecule has 15 heavy (non-hydrogen) atoms. The third-order valence-electron chi connectivity index (χ3n) is 1.85. The lowest BCUT2D eigenvalue weighted by molar-refractivity contribution is 1.26. The second kappa shape index (κ2) is 4.68. The summed E-state index contributed by atoms with van der Waals surface area (Å²) < 4.78 is 0.999. The number of nitrogens with two attached hydrogens (primary N) is 1. The lowest BCUT2D eigenvalue weighted by Crippen LogP contribution is -1.87. The van der Waals surface area contributed by atoms with Crippen molar-refractivity contribution in [3.8, 4) is 0 Å². The number of halogens is 1. The highest BCUT2D eigenvalue weighted by atomic mass is 79.9. The molecule has 2 rings (SSSR count). The van der Waals surface area contributed by atoms with E-state index >= 15 is 0 Å². The Hall–Kier alpha value is -1.00. The number of hydrogen-bond acceptors (Lipinski definition) is 3. The maximum atomic E-state index is 5.90. The fraction of sp³-hybridized carbons (Fsp3) is 0. The van der Waals surface area contributed by atoms with Gasteiger partial charge in [-0.15, -0.1) is 0 Å². The second-order valence-corrected chi connectivity index (χ2v) is 5.00. The number of aromatic nitrogens is 1. The van der Waals surface area contributed by atoms with E-state index in [1.807, 2.05) is 30.3 Å². The molecule has 0 aliphatic rings. The number of pyridine rings is 1. The average Bonchev–Trinajstić information content (AvgIpc) is 2.24. The minimum Gasteiger partial charge on any atom is -0.398 e. The summed E-state index contributed by atoms with van der Waals surface area (Å²) in [6.45, 7) is 0. The number of nitrogen functional groups attached to an aromatic ring is 1. The van der Waals surface area contributed by atoms with Crippen LogP contribution in [0.3, 0.4) is 0 Å². The molecule has 0 aliphatic carbocycles. The van der Waals surface area contributed by atoms with Gasteiger partial charge in [-0.3, -0.25) is 4.98 Å². The van der Waals surface area contributed by atoms with Crippen molar-refractivity contribution in [3.05, 3.63) is 47.2 Å². The molecule has 0 aliphatic heterocycles. The van der Waals surface area contributed by atoms with Crippen LogP contribution in [0.4, 0.5) is 5.69 Å². The standard InChI is InChI=1S/C11H9BrN2S/c12-8-1-2-11(10(13)7-8)15-9-3-5-14-6-4-9/h1-7H,13H2. The molecule has 0 radical (unpaired) electrons. The lowest BCUT2D eigenvalue weighted by Gasteiger charge is -2.05. The van der Waals surface area contributed by atoms with Gasteiger partial charge >= 0.3 is 0 Å². The van der Waals surface area contributed by atoms with Gasteiger partial charge in [0, 0.05) is 32.3 Å². The quantitative estimate of drug-likeness (QED) is 0.855. The normalized spacial score (nSPS) is 10.2. The Morgan fingerprint density at radius 1 is 1.13 bits per heavy atom. The maximum absolute atomic E-state index is 5.90. The zero-order valence-corrected chi connectivity index (χ0v) is 10.3. The molecule has 1 heterocycles. The largest absolute Gasteiger partial charge is 0.398 e. The number of rotatable bonds is 2. The van der Waals surface area contributed by atoms with Crippen LogP contribution in [0.15, 0.2) is 57.0 Å². The molecule has 76 valence electrons. The minimum atomic E-state index is 0.784. The first kappa shape index (κ1) is 10.5. The van der Waals surface area contributed by atoms with E-state index in [0.717, 1.165) is 20.0 Å². The molecule has 2 N–H and O–H groups in total. The molecular weight excluding hydrogens is 272 g/mol. The van der Waals surface area contributed by atoms with E-state index in [4.69, 9.17) is 5.73 Å². The summed E-state index contributed by atoms with van der Waals surface area (Å²) in [5.41, 5.74) is 6.69. The molecule has 1 aromatic carbocycles. The molecule has 0 amide bonds. The summed E-state index contributed by atoms with van der Waals surface area (Å²) in [7, 11) is 0. The molecule has 0 spiro atoms. The smallest absolute Gasteiger partial charge is 0.0467 e. The molecule has 2 aromatic rings. The van der Waals surface area contributed by atoms with Gasteiger partial charge in [0.25, 0.3) is 0 Å². The van der Waals surface area contributed by atoms with Gasteiger partial charge in [0.05, 0.1) is 0 Å². The van der Waals surface area contributed by atoms with Crippen molar-refractivity contribution in [2.24, 2.45) is 0 Å². The van der Waals surface area contributed by atoms with Crippen molar-refractivity contribution < 1.29 is 0 Å². The zero-order chi connectivity index (χ0) is 10.7. The fourth-order valence-electron chi connectivity index (χ4n) is 1.15. The van der Waals surface area contributed by atoms with Crippen molar-refractivity contribution in [1.29, 1.82) is 0 Å². The van der Waals surface area contributed by atoms with E-state index in [1.165, 1.54) is 0 Å².